The Balaban J connectivity index is 0.000000235. The minimum atomic E-state index is -3.60. The summed E-state index contributed by atoms with van der Waals surface area (Å²) < 4.78 is 65.2. The highest BCUT2D eigenvalue weighted by atomic mass is 32.2. The summed E-state index contributed by atoms with van der Waals surface area (Å²) in [5.41, 5.74) is 10.1. The Hall–Kier alpha value is -6.87. The van der Waals surface area contributed by atoms with Gasteiger partial charge in [-0.25, -0.2) is 21.6 Å². The van der Waals surface area contributed by atoms with Gasteiger partial charge in [0.25, 0.3) is 11.8 Å². The van der Waals surface area contributed by atoms with Gasteiger partial charge in [0, 0.05) is 11.4 Å². The van der Waals surface area contributed by atoms with Crippen molar-refractivity contribution in [1.82, 2.24) is 0 Å². The van der Waals surface area contributed by atoms with Gasteiger partial charge >= 0.3 is 6.03 Å². The van der Waals surface area contributed by atoms with E-state index >= 15 is 0 Å². The van der Waals surface area contributed by atoms with Gasteiger partial charge in [-0.1, -0.05) is 84.0 Å². The molecule has 8 N–H and O–H groups in total. The summed E-state index contributed by atoms with van der Waals surface area (Å²) in [5, 5.41) is 13.1. The van der Waals surface area contributed by atoms with Crippen LogP contribution in [-0.4, -0.2) is 61.4 Å². The number of urea groups is 1. The van der Waals surface area contributed by atoms with Crippen LogP contribution in [0.5, 0.6) is 11.5 Å². The van der Waals surface area contributed by atoms with Crippen molar-refractivity contribution in [3.05, 3.63) is 124 Å². The molecule has 0 fully saturated rings. The van der Waals surface area contributed by atoms with Crippen LogP contribution in [0.1, 0.15) is 72.0 Å². The van der Waals surface area contributed by atoms with Crippen molar-refractivity contribution in [3.63, 3.8) is 0 Å². The highest BCUT2D eigenvalue weighted by Crippen LogP contribution is 2.42. The maximum absolute atomic E-state index is 13.4. The molecule has 2 aromatic heterocycles. The van der Waals surface area contributed by atoms with E-state index in [4.69, 9.17) is 15.2 Å². The lowest BCUT2D eigenvalue weighted by Gasteiger charge is -2.23. The van der Waals surface area contributed by atoms with E-state index in [0.29, 0.717) is 38.2 Å². The quantitative estimate of drug-likeness (QED) is 0.0572. The van der Waals surface area contributed by atoms with Crippen LogP contribution in [0.2, 0.25) is 0 Å². The van der Waals surface area contributed by atoms with Crippen LogP contribution in [0.4, 0.5) is 44.6 Å². The highest BCUT2D eigenvalue weighted by Gasteiger charge is 2.25. The molecule has 0 aliphatic heterocycles. The van der Waals surface area contributed by atoms with Gasteiger partial charge in [-0.2, -0.15) is 0 Å². The number of hydrogen-bond donors (Lipinski definition) is 7. The fourth-order valence-electron chi connectivity index (χ4n) is 6.95. The molecular formula is C49H55N7O9S4. The third-order valence-electron chi connectivity index (χ3n) is 10.3. The Kier molecular flexibility index (Phi) is 15.2. The number of carbonyl (C=O) groups is 3. The zero-order valence-electron chi connectivity index (χ0n) is 39.7. The predicted molar refractivity (Wildman–Crippen MR) is 283 cm³/mol. The summed E-state index contributed by atoms with van der Waals surface area (Å²) in [5.74, 6) is -0.291. The van der Waals surface area contributed by atoms with Crippen LogP contribution >= 0.6 is 22.7 Å². The lowest BCUT2D eigenvalue weighted by atomic mass is 9.86. The second-order valence-corrected chi connectivity index (χ2v) is 23.6. The van der Waals surface area contributed by atoms with Gasteiger partial charge in [-0.05, 0) is 93.4 Å². The van der Waals surface area contributed by atoms with Crippen molar-refractivity contribution in [1.29, 1.82) is 0 Å². The second-order valence-electron chi connectivity index (χ2n) is 18.0. The highest BCUT2D eigenvalue weighted by molar-refractivity contribution is 7.92. The summed E-state index contributed by atoms with van der Waals surface area (Å²) in [6.45, 7) is 12.0. The number of ether oxygens (including phenoxy) is 2. The molecule has 0 saturated carbocycles. The van der Waals surface area contributed by atoms with E-state index in [1.165, 1.54) is 36.9 Å². The van der Waals surface area contributed by atoms with E-state index in [0.717, 1.165) is 43.8 Å². The van der Waals surface area contributed by atoms with Crippen LogP contribution in [0.3, 0.4) is 0 Å². The van der Waals surface area contributed by atoms with E-state index in [9.17, 15) is 31.2 Å². The molecule has 0 bridgehead atoms. The largest absolute Gasteiger partial charge is 0.492 e. The number of anilines is 7. The number of nitrogens with one attached hydrogen (secondary N) is 6. The molecular weight excluding hydrogens is 959 g/mol. The standard InChI is InChI=1S/C28H30N4O5S2.C21H25N3O4S2/c1-28(2,3)18-15-21(24(37-4)22(16-18)32-39(5,35)36)30-26(33)23-14-17-10-9-13-20(25(17)38-23)31-27(34)29-19-11-7-6-8-12-19;1-21(2,3)13-10-15(18(28-4)16(11-13)24-30(5,26)27)23-20(25)17-9-12-7-6-8-14(22)19(12)29-17/h6-16,32H,1-5H3,(H,30,33)(H2,29,31,34);6-11,24H,22H2,1-5H3,(H,23,25). The Bertz CT molecular complexity index is 3300. The van der Waals surface area contributed by atoms with Gasteiger partial charge in [0.05, 0.1) is 74.3 Å². The molecule has 5 aromatic carbocycles. The molecule has 7 rings (SSSR count). The average Bonchev–Trinajstić information content (AvgIpc) is 3.89. The third-order valence-corrected chi connectivity index (χ3v) is 13.8. The second kappa shape index (κ2) is 20.4. The minimum Gasteiger partial charge on any atom is -0.492 e. The molecule has 364 valence electrons. The van der Waals surface area contributed by atoms with Gasteiger partial charge in [0.2, 0.25) is 20.0 Å². The molecule has 0 atom stereocenters. The number of rotatable bonds is 12. The van der Waals surface area contributed by atoms with Crippen LogP contribution in [0.25, 0.3) is 20.2 Å². The normalized spacial score (nSPS) is 11.8. The first-order valence-electron chi connectivity index (χ1n) is 21.2. The fraction of sp³-hybridized carbons (Fsp3) is 0.245. The van der Waals surface area contributed by atoms with E-state index in [1.54, 1.807) is 66.7 Å². The number of para-hydroxylation sites is 1. The molecule has 0 aliphatic carbocycles. The predicted octanol–water partition coefficient (Wildman–Crippen LogP) is 10.9. The first-order valence-corrected chi connectivity index (χ1v) is 26.6. The van der Waals surface area contributed by atoms with Crippen molar-refractivity contribution in [2.75, 3.05) is 63.2 Å². The molecule has 0 radical (unpaired) electrons. The van der Waals surface area contributed by atoms with Crippen LogP contribution in [0.15, 0.2) is 103 Å². The van der Waals surface area contributed by atoms with Crippen molar-refractivity contribution in [2.24, 2.45) is 0 Å². The number of benzene rings is 5. The number of nitrogen functional groups attached to an aromatic ring is 1. The van der Waals surface area contributed by atoms with Gasteiger partial charge in [-0.3, -0.25) is 19.0 Å². The van der Waals surface area contributed by atoms with E-state index in [-0.39, 0.29) is 39.6 Å². The maximum Gasteiger partial charge on any atom is 0.323 e. The van der Waals surface area contributed by atoms with Crippen LogP contribution in [-0.2, 0) is 30.9 Å². The number of fused-ring (bicyclic) bond motifs is 2. The van der Waals surface area contributed by atoms with Gasteiger partial charge in [0.15, 0.2) is 11.5 Å². The Morgan fingerprint density at radius 1 is 0.522 bits per heavy atom. The molecule has 0 unspecified atom stereocenters. The molecule has 69 heavy (non-hydrogen) atoms. The minimum absolute atomic E-state index is 0.197. The number of carbonyl (C=O) groups excluding carboxylic acids is 3. The summed E-state index contributed by atoms with van der Waals surface area (Å²) >= 11 is 2.53. The molecule has 4 amide bonds. The maximum atomic E-state index is 13.4. The number of thiophene rings is 2. The lowest BCUT2D eigenvalue weighted by molar-refractivity contribution is 0.102. The van der Waals surface area contributed by atoms with Gasteiger partial charge in [-0.15, -0.1) is 22.7 Å². The van der Waals surface area contributed by atoms with Crippen molar-refractivity contribution < 1.29 is 40.7 Å². The van der Waals surface area contributed by atoms with Crippen LogP contribution in [0, 0.1) is 0 Å². The Morgan fingerprint density at radius 3 is 1.39 bits per heavy atom. The van der Waals surface area contributed by atoms with E-state index < -0.39 is 32.0 Å². The first-order chi connectivity index (χ1) is 32.2. The van der Waals surface area contributed by atoms with Crippen molar-refractivity contribution in [2.45, 2.75) is 52.4 Å². The molecule has 0 aliphatic rings. The molecule has 20 heteroatoms. The third kappa shape index (κ3) is 13.2. The average molecular weight is 1010 g/mol. The molecule has 0 saturated heterocycles. The van der Waals surface area contributed by atoms with E-state index in [1.807, 2.05) is 77.9 Å². The molecule has 0 spiro atoms. The zero-order chi connectivity index (χ0) is 50.6. The number of hydrogen-bond acceptors (Lipinski definition) is 12. The molecule has 16 nitrogen and oxygen atoms in total. The Labute approximate surface area is 410 Å². The number of amides is 4. The number of sulfonamides is 2. The monoisotopic (exact) mass is 1010 g/mol. The lowest BCUT2D eigenvalue weighted by Crippen LogP contribution is -2.19. The van der Waals surface area contributed by atoms with Crippen molar-refractivity contribution >= 4 is 121 Å². The Morgan fingerprint density at radius 2 is 0.957 bits per heavy atom. The zero-order valence-corrected chi connectivity index (χ0v) is 43.0. The van der Waals surface area contributed by atoms with Crippen molar-refractivity contribution in [3.8, 4) is 11.5 Å². The number of methoxy groups -OCH3 is 2. The summed E-state index contributed by atoms with van der Waals surface area (Å²) in [6.07, 6.45) is 2.12. The molecule has 2 heterocycles. The first kappa shape index (κ1) is 51.5. The fourth-order valence-corrected chi connectivity index (χ4v) is 10.1. The van der Waals surface area contributed by atoms with Gasteiger partial charge in [0.1, 0.15) is 0 Å². The summed E-state index contributed by atoms with van der Waals surface area (Å²) in [6, 6.07) is 30.2. The van der Waals surface area contributed by atoms with Gasteiger partial charge < -0.3 is 36.5 Å². The van der Waals surface area contributed by atoms with E-state index in [2.05, 4.69) is 30.7 Å². The summed E-state index contributed by atoms with van der Waals surface area (Å²) in [7, 11) is -4.31. The topological polar surface area (TPSA) is 236 Å². The smallest absolute Gasteiger partial charge is 0.323 e. The summed E-state index contributed by atoms with van der Waals surface area (Å²) in [4.78, 5) is 39.8. The molecule has 7 aromatic rings. The van der Waals surface area contributed by atoms with Crippen LogP contribution < -0.4 is 45.9 Å². The SMILES string of the molecule is COc1c(NC(=O)c2cc3cccc(N)c3s2)cc(C(C)(C)C)cc1NS(C)(=O)=O.COc1c(NC(=O)c2cc3cccc(NC(=O)Nc4ccccc4)c3s2)cc(C(C)(C)C)cc1NS(C)(=O)=O. The number of nitrogens with two attached hydrogens (primary N) is 1.